The Kier molecular flexibility index (Phi) is 8.91. The summed E-state index contributed by atoms with van der Waals surface area (Å²) in [6.45, 7) is 7.77. The van der Waals surface area contributed by atoms with E-state index in [4.69, 9.17) is 21.1 Å². The monoisotopic (exact) mass is 527 g/mol. The van der Waals surface area contributed by atoms with Gasteiger partial charge in [0.05, 0.1) is 36.6 Å². The molecule has 1 amide bonds. The van der Waals surface area contributed by atoms with Gasteiger partial charge < -0.3 is 20.1 Å². The second-order valence-corrected chi connectivity index (χ2v) is 9.58. The molecule has 1 spiro atoms. The highest BCUT2D eigenvalue weighted by Crippen LogP contribution is 2.38. The smallest absolute Gasteiger partial charge is 0.211 e. The van der Waals surface area contributed by atoms with E-state index in [1.54, 1.807) is 18.2 Å². The normalized spacial score (nSPS) is 16.6. The van der Waals surface area contributed by atoms with Gasteiger partial charge in [0.25, 0.3) is 0 Å². The highest BCUT2D eigenvalue weighted by Gasteiger charge is 2.40. The fraction of sp³-hybridized carbons (Fsp3) is 0.370. The Balaban J connectivity index is 0.000000207. The number of nitrogens with zero attached hydrogens (tertiary/aromatic N) is 3. The van der Waals surface area contributed by atoms with Gasteiger partial charge in [-0.15, -0.1) is 0 Å². The average molecular weight is 528 g/mol. The lowest BCUT2D eigenvalue weighted by Crippen LogP contribution is -2.50. The number of carbonyl (C=O) groups excluding carboxylic acids is 1. The fourth-order valence-electron chi connectivity index (χ4n) is 4.38. The maximum atomic E-state index is 13.3. The van der Waals surface area contributed by atoms with Crippen molar-refractivity contribution in [1.82, 2.24) is 14.9 Å². The minimum Gasteiger partial charge on any atom is -0.494 e. The quantitative estimate of drug-likeness (QED) is 0.313. The van der Waals surface area contributed by atoms with Gasteiger partial charge in [0.15, 0.2) is 0 Å². The van der Waals surface area contributed by atoms with Crippen LogP contribution in [0.1, 0.15) is 19.8 Å². The van der Waals surface area contributed by atoms with E-state index >= 15 is 0 Å². The molecule has 37 heavy (non-hydrogen) atoms. The molecular weight excluding hydrogens is 497 g/mol. The molecule has 1 aromatic heterocycles. The van der Waals surface area contributed by atoms with Gasteiger partial charge in [0.1, 0.15) is 23.7 Å². The number of halogens is 2. The molecule has 0 saturated carbocycles. The zero-order valence-corrected chi connectivity index (χ0v) is 21.7. The number of anilines is 3. The molecule has 0 aliphatic carbocycles. The summed E-state index contributed by atoms with van der Waals surface area (Å²) in [5.41, 5.74) is 2.26. The largest absolute Gasteiger partial charge is 0.494 e. The predicted molar refractivity (Wildman–Crippen MR) is 144 cm³/mol. The number of hydrogen-bond donors (Lipinski definition) is 2. The first-order chi connectivity index (χ1) is 18.0. The lowest BCUT2D eigenvalue weighted by molar-refractivity contribution is -0.138. The molecule has 3 aromatic rings. The minimum atomic E-state index is -0.503. The van der Waals surface area contributed by atoms with Crippen molar-refractivity contribution in [3.63, 3.8) is 0 Å². The topological polar surface area (TPSA) is 88.6 Å². The van der Waals surface area contributed by atoms with Gasteiger partial charge in [-0.25, -0.2) is 14.4 Å². The maximum Gasteiger partial charge on any atom is 0.211 e. The Morgan fingerprint density at radius 2 is 2.00 bits per heavy atom. The number of hydrogen-bond acceptors (Lipinski definition) is 7. The number of carbonyl (C=O) groups is 1. The van der Waals surface area contributed by atoms with Gasteiger partial charge in [-0.2, -0.15) is 0 Å². The standard InChI is InChI=1S/C16H12ClFN4O2.C11H19NO/c1-24-15-6-13-10(5-14(15)21-8-23)16(20-7-19-13)22-9-2-3-12(18)11(17)4-9;1-2-3-6-12-7-4-11(5-8-12)9-13-10-11/h2-8H,1H3,(H,21,23)(H,19,20,22);2-3H,4-10H2,1H3/b;3-2+. The van der Waals surface area contributed by atoms with Crippen LogP contribution in [0.4, 0.5) is 21.6 Å². The van der Waals surface area contributed by atoms with Crippen molar-refractivity contribution in [2.24, 2.45) is 5.41 Å². The first-order valence-electron chi connectivity index (χ1n) is 12.1. The predicted octanol–water partition coefficient (Wildman–Crippen LogP) is 5.42. The summed E-state index contributed by atoms with van der Waals surface area (Å²) in [7, 11) is 1.50. The summed E-state index contributed by atoms with van der Waals surface area (Å²) in [5, 5.41) is 6.29. The number of amides is 1. The molecule has 8 nitrogen and oxygen atoms in total. The third-order valence-electron chi connectivity index (χ3n) is 6.69. The molecule has 10 heteroatoms. The summed E-state index contributed by atoms with van der Waals surface area (Å²) in [4.78, 5) is 21.7. The van der Waals surface area contributed by atoms with E-state index in [1.807, 2.05) is 0 Å². The van der Waals surface area contributed by atoms with Crippen LogP contribution in [0.5, 0.6) is 5.75 Å². The van der Waals surface area contributed by atoms with Crippen molar-refractivity contribution in [1.29, 1.82) is 0 Å². The van der Waals surface area contributed by atoms with Crippen LogP contribution in [0.15, 0.2) is 48.8 Å². The molecule has 0 unspecified atom stereocenters. The lowest BCUT2D eigenvalue weighted by atomic mass is 9.77. The molecule has 2 aliphatic rings. The summed E-state index contributed by atoms with van der Waals surface area (Å²) in [6.07, 6.45) is 9.00. The van der Waals surface area contributed by atoms with Crippen LogP contribution in [0.3, 0.4) is 0 Å². The van der Waals surface area contributed by atoms with Crippen LogP contribution >= 0.6 is 11.6 Å². The van der Waals surface area contributed by atoms with Gasteiger partial charge in [-0.3, -0.25) is 9.69 Å². The number of aromatic nitrogens is 2. The molecular formula is C27H31ClFN5O3. The van der Waals surface area contributed by atoms with Gasteiger partial charge in [-0.1, -0.05) is 23.8 Å². The number of allylic oxidation sites excluding steroid dienone is 1. The van der Waals surface area contributed by atoms with Crippen LogP contribution in [0.2, 0.25) is 5.02 Å². The van der Waals surface area contributed by atoms with Crippen LogP contribution in [-0.2, 0) is 9.53 Å². The molecule has 2 fully saturated rings. The summed E-state index contributed by atoms with van der Waals surface area (Å²) >= 11 is 5.79. The Labute approximate surface area is 220 Å². The van der Waals surface area contributed by atoms with Crippen molar-refractivity contribution >= 4 is 46.1 Å². The van der Waals surface area contributed by atoms with E-state index < -0.39 is 5.82 Å². The second-order valence-electron chi connectivity index (χ2n) is 9.17. The van der Waals surface area contributed by atoms with E-state index in [0.29, 0.717) is 45.7 Å². The van der Waals surface area contributed by atoms with Gasteiger partial charge in [0, 0.05) is 29.1 Å². The Hall–Kier alpha value is -3.27. The number of nitrogens with one attached hydrogen (secondary N) is 2. The molecule has 2 saturated heterocycles. The lowest BCUT2D eigenvalue weighted by Gasteiger charge is -2.47. The molecule has 196 valence electrons. The Bertz CT molecular complexity index is 1260. The number of ether oxygens (including phenoxy) is 2. The first kappa shape index (κ1) is 26.8. The first-order valence-corrected chi connectivity index (χ1v) is 12.5. The van der Waals surface area contributed by atoms with Crippen molar-refractivity contribution in [2.75, 3.05) is 50.6 Å². The SMILES string of the molecule is C/C=C/CN1CCC2(CC1)COC2.COc1cc2ncnc(Nc3ccc(F)c(Cl)c3)c2cc1NC=O. The molecule has 2 aliphatic heterocycles. The molecule has 2 N–H and O–H groups in total. The minimum absolute atomic E-state index is 0.00309. The number of likely N-dealkylation sites (tertiary alicyclic amines) is 1. The van der Waals surface area contributed by atoms with Crippen LogP contribution in [0, 0.1) is 11.2 Å². The van der Waals surface area contributed by atoms with Crippen LogP contribution in [-0.4, -0.2) is 61.2 Å². The van der Waals surface area contributed by atoms with E-state index in [1.165, 1.54) is 51.5 Å². The van der Waals surface area contributed by atoms with Crippen molar-refractivity contribution in [3.8, 4) is 5.75 Å². The summed E-state index contributed by atoms with van der Waals surface area (Å²) in [6, 6.07) is 7.64. The molecule has 0 bridgehead atoms. The molecule has 0 atom stereocenters. The summed E-state index contributed by atoms with van der Waals surface area (Å²) < 4.78 is 23.8. The third kappa shape index (κ3) is 6.54. The highest BCUT2D eigenvalue weighted by molar-refractivity contribution is 6.31. The average Bonchev–Trinajstić information content (AvgIpc) is 2.89. The molecule has 2 aromatic carbocycles. The zero-order chi connectivity index (χ0) is 26.3. The number of fused-ring (bicyclic) bond motifs is 1. The molecule has 3 heterocycles. The number of methoxy groups -OCH3 is 1. The number of piperidine rings is 1. The number of benzene rings is 2. The Morgan fingerprint density at radius 1 is 1.22 bits per heavy atom. The van der Waals surface area contributed by atoms with Crippen LogP contribution in [0.25, 0.3) is 10.9 Å². The molecule has 0 radical (unpaired) electrons. The second kappa shape index (κ2) is 12.3. The summed E-state index contributed by atoms with van der Waals surface area (Å²) in [5.74, 6) is 0.459. The maximum absolute atomic E-state index is 13.3. The van der Waals surface area contributed by atoms with Gasteiger partial charge in [-0.05, 0) is 57.1 Å². The van der Waals surface area contributed by atoms with Crippen molar-refractivity contribution in [2.45, 2.75) is 19.8 Å². The highest BCUT2D eigenvalue weighted by atomic mass is 35.5. The third-order valence-corrected chi connectivity index (χ3v) is 6.98. The van der Waals surface area contributed by atoms with Crippen molar-refractivity contribution < 1.29 is 18.7 Å². The van der Waals surface area contributed by atoms with Crippen molar-refractivity contribution in [3.05, 3.63) is 59.7 Å². The van der Waals surface area contributed by atoms with Gasteiger partial charge in [0.2, 0.25) is 6.41 Å². The Morgan fingerprint density at radius 3 is 2.62 bits per heavy atom. The molecule has 5 rings (SSSR count). The van der Waals surface area contributed by atoms with E-state index in [0.717, 1.165) is 19.8 Å². The van der Waals surface area contributed by atoms with E-state index in [9.17, 15) is 9.18 Å². The zero-order valence-electron chi connectivity index (χ0n) is 21.0. The fourth-order valence-corrected chi connectivity index (χ4v) is 4.56. The van der Waals surface area contributed by atoms with E-state index in [-0.39, 0.29) is 5.02 Å². The number of rotatable bonds is 7. The van der Waals surface area contributed by atoms with Gasteiger partial charge >= 0.3 is 0 Å². The van der Waals surface area contributed by atoms with E-state index in [2.05, 4.69) is 44.6 Å². The van der Waals surface area contributed by atoms with Crippen LogP contribution < -0.4 is 15.4 Å².